The van der Waals surface area contributed by atoms with Crippen LogP contribution in [-0.4, -0.2) is 17.8 Å². The van der Waals surface area contributed by atoms with Crippen LogP contribution >= 0.6 is 0 Å². The third-order valence-corrected chi connectivity index (χ3v) is 2.43. The summed E-state index contributed by atoms with van der Waals surface area (Å²) in [5, 5.41) is 0. The fraction of sp³-hybridized carbons (Fsp3) is 0.545. The molecule has 0 N–H and O–H groups in total. The summed E-state index contributed by atoms with van der Waals surface area (Å²) >= 11 is 0. The molecule has 0 amide bonds. The maximum absolute atomic E-state index is 13.1. The fourth-order valence-electron chi connectivity index (χ4n) is 1.63. The van der Waals surface area contributed by atoms with E-state index in [1.54, 1.807) is 13.0 Å². The third kappa shape index (κ3) is 2.19. The largest absolute Gasteiger partial charge is 0.423 e. The van der Waals surface area contributed by atoms with Gasteiger partial charge in [0.2, 0.25) is 5.60 Å². The third-order valence-electron chi connectivity index (χ3n) is 2.43. The maximum Gasteiger partial charge on any atom is 0.423 e. The van der Waals surface area contributed by atoms with E-state index in [-0.39, 0.29) is 18.7 Å². The number of rotatable bonds is 4. The molecular weight excluding hydrogens is 219 g/mol. The van der Waals surface area contributed by atoms with Crippen LogP contribution in [0.1, 0.15) is 26.0 Å². The van der Waals surface area contributed by atoms with Crippen molar-refractivity contribution in [1.82, 2.24) is 4.98 Å². The molecule has 90 valence electrons. The Labute approximate surface area is 92.5 Å². The van der Waals surface area contributed by atoms with Gasteiger partial charge in [0.1, 0.15) is 0 Å². The summed E-state index contributed by atoms with van der Waals surface area (Å²) in [6.07, 6.45) is -3.32. The van der Waals surface area contributed by atoms with Gasteiger partial charge in [0.25, 0.3) is 0 Å². The van der Waals surface area contributed by atoms with Crippen LogP contribution in [0.15, 0.2) is 24.4 Å². The highest BCUT2D eigenvalue weighted by molar-refractivity contribution is 5.16. The standard InChI is InChI=1S/C11H14F3NO/c1-3-10(16-4-2,11(12,13)14)9-7-5-6-8-15-9/h5-8H,3-4H2,1-2H3. The molecule has 0 aromatic carbocycles. The molecule has 0 aliphatic carbocycles. The first-order chi connectivity index (χ1) is 7.48. The van der Waals surface area contributed by atoms with Gasteiger partial charge < -0.3 is 4.74 Å². The molecule has 0 saturated carbocycles. The lowest BCUT2D eigenvalue weighted by Gasteiger charge is -2.33. The molecule has 0 saturated heterocycles. The highest BCUT2D eigenvalue weighted by Crippen LogP contribution is 2.43. The summed E-state index contributed by atoms with van der Waals surface area (Å²) in [6.45, 7) is 2.97. The summed E-state index contributed by atoms with van der Waals surface area (Å²) in [4.78, 5) is 3.76. The molecule has 5 heteroatoms. The Morgan fingerprint density at radius 2 is 1.94 bits per heavy atom. The molecule has 1 aromatic heterocycles. The van der Waals surface area contributed by atoms with Gasteiger partial charge in [-0.05, 0) is 25.5 Å². The molecule has 0 fully saturated rings. The molecular formula is C11H14F3NO. The van der Waals surface area contributed by atoms with Crippen LogP contribution in [0.2, 0.25) is 0 Å². The molecule has 16 heavy (non-hydrogen) atoms. The van der Waals surface area contributed by atoms with E-state index >= 15 is 0 Å². The first kappa shape index (κ1) is 13.0. The van der Waals surface area contributed by atoms with Crippen LogP contribution in [0, 0.1) is 0 Å². The van der Waals surface area contributed by atoms with Crippen molar-refractivity contribution in [2.24, 2.45) is 0 Å². The number of aromatic nitrogens is 1. The van der Waals surface area contributed by atoms with Crippen LogP contribution in [0.4, 0.5) is 13.2 Å². The Bertz CT molecular complexity index is 326. The molecule has 0 bridgehead atoms. The van der Waals surface area contributed by atoms with Gasteiger partial charge in [-0.3, -0.25) is 4.98 Å². The number of nitrogens with zero attached hydrogens (tertiary/aromatic N) is 1. The fourth-order valence-corrected chi connectivity index (χ4v) is 1.63. The molecule has 0 aliphatic heterocycles. The summed E-state index contributed by atoms with van der Waals surface area (Å²) in [5.74, 6) is 0. The van der Waals surface area contributed by atoms with Crippen molar-refractivity contribution in [2.75, 3.05) is 6.61 Å². The second kappa shape index (κ2) is 4.82. The lowest BCUT2D eigenvalue weighted by Crippen LogP contribution is -2.45. The van der Waals surface area contributed by atoms with Gasteiger partial charge in [-0.2, -0.15) is 13.2 Å². The Balaban J connectivity index is 3.23. The van der Waals surface area contributed by atoms with Crippen molar-refractivity contribution in [3.63, 3.8) is 0 Å². The van der Waals surface area contributed by atoms with E-state index in [4.69, 9.17) is 4.74 Å². The predicted octanol–water partition coefficient (Wildman–Crippen LogP) is 3.29. The van der Waals surface area contributed by atoms with E-state index in [1.165, 1.54) is 25.3 Å². The smallest absolute Gasteiger partial charge is 0.360 e. The number of alkyl halides is 3. The summed E-state index contributed by atoms with van der Waals surface area (Å²) in [5.41, 5.74) is -2.38. The Morgan fingerprint density at radius 1 is 1.25 bits per heavy atom. The first-order valence-electron chi connectivity index (χ1n) is 5.10. The van der Waals surface area contributed by atoms with Crippen molar-refractivity contribution < 1.29 is 17.9 Å². The van der Waals surface area contributed by atoms with Gasteiger partial charge in [0.15, 0.2) is 0 Å². The lowest BCUT2D eigenvalue weighted by molar-refractivity contribution is -0.286. The predicted molar refractivity (Wildman–Crippen MR) is 53.9 cm³/mol. The Kier molecular flexibility index (Phi) is 3.91. The van der Waals surface area contributed by atoms with Crippen LogP contribution in [-0.2, 0) is 10.3 Å². The number of pyridine rings is 1. The van der Waals surface area contributed by atoms with E-state index in [9.17, 15) is 13.2 Å². The quantitative estimate of drug-likeness (QED) is 0.796. The zero-order valence-electron chi connectivity index (χ0n) is 9.21. The zero-order valence-corrected chi connectivity index (χ0v) is 9.21. The second-order valence-corrected chi connectivity index (χ2v) is 3.33. The summed E-state index contributed by atoms with van der Waals surface area (Å²) in [6, 6.07) is 4.44. The van der Waals surface area contributed by atoms with E-state index in [0.717, 1.165) is 0 Å². The summed E-state index contributed by atoms with van der Waals surface area (Å²) < 4.78 is 44.2. The molecule has 1 rings (SSSR count). The monoisotopic (exact) mass is 233 g/mol. The highest BCUT2D eigenvalue weighted by Gasteiger charge is 2.56. The zero-order chi connectivity index (χ0) is 12.2. The molecule has 1 unspecified atom stereocenters. The summed E-state index contributed by atoms with van der Waals surface area (Å²) in [7, 11) is 0. The van der Waals surface area contributed by atoms with Crippen molar-refractivity contribution in [1.29, 1.82) is 0 Å². The van der Waals surface area contributed by atoms with Gasteiger partial charge in [-0.25, -0.2) is 0 Å². The number of hydrogen-bond donors (Lipinski definition) is 0. The molecule has 1 atom stereocenters. The van der Waals surface area contributed by atoms with E-state index in [0.29, 0.717) is 0 Å². The van der Waals surface area contributed by atoms with Gasteiger partial charge in [0.05, 0.1) is 5.69 Å². The van der Waals surface area contributed by atoms with Gasteiger partial charge in [-0.1, -0.05) is 13.0 Å². The van der Waals surface area contributed by atoms with Gasteiger partial charge in [-0.15, -0.1) is 0 Å². The molecule has 0 radical (unpaired) electrons. The molecule has 0 aliphatic rings. The highest BCUT2D eigenvalue weighted by atomic mass is 19.4. The minimum Gasteiger partial charge on any atom is -0.360 e. The molecule has 1 heterocycles. The average Bonchev–Trinajstić information content (AvgIpc) is 2.25. The Morgan fingerprint density at radius 3 is 2.31 bits per heavy atom. The van der Waals surface area contributed by atoms with E-state index < -0.39 is 11.8 Å². The topological polar surface area (TPSA) is 22.1 Å². The van der Waals surface area contributed by atoms with Crippen molar-refractivity contribution in [3.8, 4) is 0 Å². The number of ether oxygens (including phenoxy) is 1. The average molecular weight is 233 g/mol. The van der Waals surface area contributed by atoms with Crippen LogP contribution in [0.25, 0.3) is 0 Å². The van der Waals surface area contributed by atoms with E-state index in [2.05, 4.69) is 4.98 Å². The number of halogens is 3. The molecule has 0 spiro atoms. The van der Waals surface area contributed by atoms with Crippen LogP contribution in [0.5, 0.6) is 0 Å². The van der Waals surface area contributed by atoms with Crippen molar-refractivity contribution >= 4 is 0 Å². The van der Waals surface area contributed by atoms with E-state index in [1.807, 2.05) is 0 Å². The van der Waals surface area contributed by atoms with Crippen molar-refractivity contribution in [2.45, 2.75) is 32.0 Å². The number of hydrogen-bond acceptors (Lipinski definition) is 2. The van der Waals surface area contributed by atoms with Crippen LogP contribution < -0.4 is 0 Å². The minimum absolute atomic E-state index is 0.01000. The second-order valence-electron chi connectivity index (χ2n) is 3.33. The van der Waals surface area contributed by atoms with Crippen molar-refractivity contribution in [3.05, 3.63) is 30.1 Å². The van der Waals surface area contributed by atoms with Gasteiger partial charge in [0, 0.05) is 12.8 Å². The van der Waals surface area contributed by atoms with Crippen LogP contribution in [0.3, 0.4) is 0 Å². The molecule has 2 nitrogen and oxygen atoms in total. The first-order valence-corrected chi connectivity index (χ1v) is 5.10. The lowest BCUT2D eigenvalue weighted by atomic mass is 9.94. The minimum atomic E-state index is -4.47. The van der Waals surface area contributed by atoms with Gasteiger partial charge >= 0.3 is 6.18 Å². The maximum atomic E-state index is 13.1. The Hall–Kier alpha value is -1.10. The SMILES string of the molecule is CCOC(CC)(c1ccccn1)C(F)(F)F. The normalized spacial score (nSPS) is 15.8. The molecule has 1 aromatic rings.